The summed E-state index contributed by atoms with van der Waals surface area (Å²) in [6.45, 7) is 4.41. The number of ether oxygens (including phenoxy) is 3. The third kappa shape index (κ3) is 4.51. The average molecular weight is 281 g/mol. The molecule has 0 saturated heterocycles. The first-order valence-electron chi connectivity index (χ1n) is 7.22. The van der Waals surface area contributed by atoms with Crippen LogP contribution in [0.1, 0.15) is 39.5 Å². The van der Waals surface area contributed by atoms with E-state index in [2.05, 4.69) is 19.2 Å². The van der Waals surface area contributed by atoms with Crippen LogP contribution in [0.4, 0.5) is 5.69 Å². The van der Waals surface area contributed by atoms with Crippen molar-refractivity contribution >= 4 is 5.69 Å². The molecule has 0 aromatic heterocycles. The highest BCUT2D eigenvalue weighted by atomic mass is 16.5. The van der Waals surface area contributed by atoms with Crippen LogP contribution in [0.15, 0.2) is 12.1 Å². The molecule has 1 aromatic carbocycles. The molecule has 0 aliphatic rings. The van der Waals surface area contributed by atoms with Gasteiger partial charge in [-0.15, -0.1) is 0 Å². The van der Waals surface area contributed by atoms with E-state index < -0.39 is 0 Å². The maximum absolute atomic E-state index is 5.35. The first kappa shape index (κ1) is 16.5. The Balaban J connectivity index is 2.79. The van der Waals surface area contributed by atoms with Gasteiger partial charge in [-0.25, -0.2) is 0 Å². The van der Waals surface area contributed by atoms with Crippen LogP contribution in [0.3, 0.4) is 0 Å². The van der Waals surface area contributed by atoms with Crippen LogP contribution in [-0.4, -0.2) is 27.4 Å². The van der Waals surface area contributed by atoms with Crippen molar-refractivity contribution in [1.29, 1.82) is 0 Å². The molecule has 0 fully saturated rings. The summed E-state index contributed by atoms with van der Waals surface area (Å²) in [5, 5.41) is 3.49. The van der Waals surface area contributed by atoms with Crippen molar-refractivity contribution in [2.75, 3.05) is 26.6 Å². The fourth-order valence-corrected chi connectivity index (χ4v) is 2.22. The van der Waals surface area contributed by atoms with Gasteiger partial charge >= 0.3 is 0 Å². The van der Waals surface area contributed by atoms with E-state index in [0.717, 1.165) is 12.1 Å². The Kier molecular flexibility index (Phi) is 7.05. The molecule has 20 heavy (non-hydrogen) atoms. The molecule has 1 unspecified atom stereocenters. The van der Waals surface area contributed by atoms with E-state index in [0.29, 0.717) is 23.3 Å². The molecule has 1 atom stereocenters. The molecule has 0 heterocycles. The second kappa shape index (κ2) is 8.56. The first-order valence-corrected chi connectivity index (χ1v) is 7.22. The number of methoxy groups -OCH3 is 3. The van der Waals surface area contributed by atoms with Crippen LogP contribution in [0.2, 0.25) is 0 Å². The Morgan fingerprint density at radius 2 is 1.60 bits per heavy atom. The van der Waals surface area contributed by atoms with E-state index in [9.17, 15) is 0 Å². The molecule has 4 nitrogen and oxygen atoms in total. The second-order valence-electron chi connectivity index (χ2n) is 4.96. The molecule has 1 aromatic rings. The van der Waals surface area contributed by atoms with E-state index >= 15 is 0 Å². The van der Waals surface area contributed by atoms with Crippen LogP contribution in [0.25, 0.3) is 0 Å². The molecule has 1 rings (SSSR count). The fourth-order valence-electron chi connectivity index (χ4n) is 2.22. The summed E-state index contributed by atoms with van der Waals surface area (Å²) < 4.78 is 16.0. The number of benzene rings is 1. The van der Waals surface area contributed by atoms with E-state index in [1.54, 1.807) is 21.3 Å². The highest BCUT2D eigenvalue weighted by Gasteiger charge is 2.14. The smallest absolute Gasteiger partial charge is 0.203 e. The lowest BCUT2D eigenvalue weighted by atomic mass is 10.1. The van der Waals surface area contributed by atoms with E-state index in [1.165, 1.54) is 19.3 Å². The minimum atomic E-state index is 0.421. The summed E-state index contributed by atoms with van der Waals surface area (Å²) in [4.78, 5) is 0. The summed E-state index contributed by atoms with van der Waals surface area (Å²) in [6.07, 6.45) is 4.93. The van der Waals surface area contributed by atoms with Gasteiger partial charge in [0.2, 0.25) is 5.75 Å². The van der Waals surface area contributed by atoms with Gasteiger partial charge in [0, 0.05) is 23.9 Å². The Hall–Kier alpha value is -1.58. The van der Waals surface area contributed by atoms with Crippen molar-refractivity contribution in [2.45, 2.75) is 45.6 Å². The monoisotopic (exact) mass is 281 g/mol. The lowest BCUT2D eigenvalue weighted by molar-refractivity contribution is 0.324. The van der Waals surface area contributed by atoms with Crippen molar-refractivity contribution in [3.63, 3.8) is 0 Å². The summed E-state index contributed by atoms with van der Waals surface area (Å²) in [5.41, 5.74) is 0.989. The summed E-state index contributed by atoms with van der Waals surface area (Å²) in [7, 11) is 4.87. The van der Waals surface area contributed by atoms with Gasteiger partial charge in [-0.3, -0.25) is 0 Å². The van der Waals surface area contributed by atoms with Gasteiger partial charge in [-0.2, -0.15) is 0 Å². The molecule has 0 saturated carbocycles. The molecule has 0 amide bonds. The van der Waals surface area contributed by atoms with Gasteiger partial charge < -0.3 is 19.5 Å². The van der Waals surface area contributed by atoms with Gasteiger partial charge in [0.15, 0.2) is 11.5 Å². The van der Waals surface area contributed by atoms with Crippen LogP contribution in [0.5, 0.6) is 17.2 Å². The third-order valence-corrected chi connectivity index (χ3v) is 3.32. The van der Waals surface area contributed by atoms with Gasteiger partial charge in [-0.1, -0.05) is 26.2 Å². The van der Waals surface area contributed by atoms with Crippen molar-refractivity contribution < 1.29 is 14.2 Å². The van der Waals surface area contributed by atoms with Crippen molar-refractivity contribution in [1.82, 2.24) is 0 Å². The van der Waals surface area contributed by atoms with E-state index in [1.807, 2.05) is 12.1 Å². The zero-order valence-corrected chi connectivity index (χ0v) is 13.3. The molecular formula is C16H27NO3. The predicted molar refractivity (Wildman–Crippen MR) is 83.3 cm³/mol. The molecule has 114 valence electrons. The first-order chi connectivity index (χ1) is 9.65. The molecular weight excluding hydrogens is 254 g/mol. The van der Waals surface area contributed by atoms with Crippen molar-refractivity contribution in [3.8, 4) is 17.2 Å². The maximum Gasteiger partial charge on any atom is 0.203 e. The Morgan fingerprint density at radius 1 is 1.00 bits per heavy atom. The second-order valence-corrected chi connectivity index (χ2v) is 4.96. The van der Waals surface area contributed by atoms with Gasteiger partial charge in [0.25, 0.3) is 0 Å². The maximum atomic E-state index is 5.35. The molecule has 0 aliphatic heterocycles. The minimum absolute atomic E-state index is 0.421. The number of nitrogens with one attached hydrogen (secondary N) is 1. The molecule has 0 spiro atoms. The lowest BCUT2D eigenvalue weighted by Gasteiger charge is -2.18. The quantitative estimate of drug-likeness (QED) is 0.692. The summed E-state index contributed by atoms with van der Waals surface area (Å²) >= 11 is 0. The van der Waals surface area contributed by atoms with Gasteiger partial charge in [0.1, 0.15) is 0 Å². The van der Waals surface area contributed by atoms with Crippen LogP contribution >= 0.6 is 0 Å². The largest absolute Gasteiger partial charge is 0.493 e. The number of hydrogen-bond acceptors (Lipinski definition) is 4. The average Bonchev–Trinajstić information content (AvgIpc) is 2.46. The van der Waals surface area contributed by atoms with Gasteiger partial charge in [-0.05, 0) is 13.3 Å². The highest BCUT2D eigenvalue weighted by Crippen LogP contribution is 2.40. The Morgan fingerprint density at radius 3 is 2.05 bits per heavy atom. The van der Waals surface area contributed by atoms with E-state index in [4.69, 9.17) is 14.2 Å². The number of unbranched alkanes of at least 4 members (excludes halogenated alkanes) is 2. The highest BCUT2D eigenvalue weighted by molar-refractivity contribution is 5.62. The molecule has 1 N–H and O–H groups in total. The van der Waals surface area contributed by atoms with E-state index in [-0.39, 0.29) is 0 Å². The number of hydrogen-bond donors (Lipinski definition) is 1. The zero-order valence-electron chi connectivity index (χ0n) is 13.3. The molecule has 0 aliphatic carbocycles. The number of anilines is 1. The minimum Gasteiger partial charge on any atom is -0.493 e. The molecule has 0 radical (unpaired) electrons. The number of rotatable bonds is 9. The summed E-state index contributed by atoms with van der Waals surface area (Å²) in [5.74, 6) is 1.98. The fraction of sp³-hybridized carbons (Fsp3) is 0.625. The van der Waals surface area contributed by atoms with Crippen molar-refractivity contribution in [3.05, 3.63) is 12.1 Å². The van der Waals surface area contributed by atoms with Crippen LogP contribution in [-0.2, 0) is 0 Å². The lowest BCUT2D eigenvalue weighted by Crippen LogP contribution is -2.15. The summed E-state index contributed by atoms with van der Waals surface area (Å²) in [6, 6.07) is 4.30. The van der Waals surface area contributed by atoms with Crippen LogP contribution in [0, 0.1) is 0 Å². The normalized spacial score (nSPS) is 11.8. The Bertz CT molecular complexity index is 382. The van der Waals surface area contributed by atoms with Crippen LogP contribution < -0.4 is 19.5 Å². The standard InChI is InChI=1S/C16H27NO3/c1-6-7-8-9-12(2)17-13-10-14(18-3)16(20-5)15(11-13)19-4/h10-12,17H,6-9H2,1-5H3. The molecule has 4 heteroatoms. The van der Waals surface area contributed by atoms with Gasteiger partial charge in [0.05, 0.1) is 21.3 Å². The van der Waals surface area contributed by atoms with Crippen molar-refractivity contribution in [2.24, 2.45) is 0 Å². The SMILES string of the molecule is CCCCCC(C)Nc1cc(OC)c(OC)c(OC)c1. The molecule has 0 bridgehead atoms. The zero-order chi connectivity index (χ0) is 15.0. The third-order valence-electron chi connectivity index (χ3n) is 3.32. The Labute approximate surface area is 122 Å². The predicted octanol–water partition coefficient (Wildman–Crippen LogP) is 4.09. The topological polar surface area (TPSA) is 39.7 Å².